The molecule has 1 atom stereocenters. The van der Waals surface area contributed by atoms with Crippen LogP contribution in [0.4, 0.5) is 9.59 Å². The summed E-state index contributed by atoms with van der Waals surface area (Å²) in [5.41, 5.74) is -0.545. The van der Waals surface area contributed by atoms with Crippen molar-refractivity contribution in [2.75, 3.05) is 46.4 Å². The Hall–Kier alpha value is -2.97. The predicted molar refractivity (Wildman–Crippen MR) is 103 cm³/mol. The number of likely N-dealkylation sites (N-methyl/N-ethyl adjacent to an activating group) is 1. The summed E-state index contributed by atoms with van der Waals surface area (Å²) in [5.74, 6) is 0.696. The van der Waals surface area contributed by atoms with Crippen molar-refractivity contribution in [2.24, 2.45) is 0 Å². The zero-order valence-electron chi connectivity index (χ0n) is 16.5. The molecule has 0 aromatic heterocycles. The lowest BCUT2D eigenvalue weighted by atomic mass is 9.91. The highest BCUT2D eigenvalue weighted by atomic mass is 16.6. The van der Waals surface area contributed by atoms with Crippen LogP contribution in [0, 0.1) is 0 Å². The lowest BCUT2D eigenvalue weighted by Crippen LogP contribution is -2.53. The van der Waals surface area contributed by atoms with Gasteiger partial charge in [0.15, 0.2) is 0 Å². The minimum atomic E-state index is -0.545. The molecule has 1 N–H and O–H groups in total. The van der Waals surface area contributed by atoms with Gasteiger partial charge in [0.25, 0.3) is 0 Å². The normalized spacial score (nSPS) is 23.3. The number of carbonyl (C=O) groups excluding carboxylic acids is 3. The van der Waals surface area contributed by atoms with E-state index in [1.54, 1.807) is 16.8 Å². The minimum Gasteiger partial charge on any atom is -0.492 e. The van der Waals surface area contributed by atoms with E-state index >= 15 is 0 Å². The Balaban J connectivity index is 1.26. The molecule has 3 fully saturated rings. The number of urea groups is 1. The zero-order chi connectivity index (χ0) is 20.4. The quantitative estimate of drug-likeness (QED) is 0.790. The van der Waals surface area contributed by atoms with Gasteiger partial charge >= 0.3 is 12.1 Å². The lowest BCUT2D eigenvalue weighted by molar-refractivity contribution is -0.136. The van der Waals surface area contributed by atoms with Crippen LogP contribution in [0.3, 0.4) is 0 Å². The van der Waals surface area contributed by atoms with Crippen LogP contribution in [-0.2, 0) is 9.53 Å². The number of hydrogen-bond donors (Lipinski definition) is 1. The summed E-state index contributed by atoms with van der Waals surface area (Å²) >= 11 is 0. The molecule has 1 aromatic rings. The number of nitrogens with one attached hydrogen (secondary N) is 1. The largest absolute Gasteiger partial charge is 0.492 e. The van der Waals surface area contributed by atoms with Crippen LogP contribution in [0.2, 0.25) is 0 Å². The van der Waals surface area contributed by atoms with Gasteiger partial charge in [-0.2, -0.15) is 0 Å². The van der Waals surface area contributed by atoms with Crippen LogP contribution in [0.5, 0.6) is 5.75 Å². The van der Waals surface area contributed by atoms with Gasteiger partial charge in [-0.15, -0.1) is 0 Å². The third-order valence-electron chi connectivity index (χ3n) is 5.80. The van der Waals surface area contributed by atoms with Crippen molar-refractivity contribution < 1.29 is 23.9 Å². The number of carbonyl (C=O) groups is 3. The molecule has 3 heterocycles. The summed E-state index contributed by atoms with van der Waals surface area (Å²) in [4.78, 5) is 41.5. The summed E-state index contributed by atoms with van der Waals surface area (Å²) in [6, 6.07) is 8.75. The molecular formula is C20H26N4O5. The summed E-state index contributed by atoms with van der Waals surface area (Å²) in [5, 5.41) is 2.70. The first kappa shape index (κ1) is 19.4. The van der Waals surface area contributed by atoms with Crippen molar-refractivity contribution in [3.05, 3.63) is 30.3 Å². The van der Waals surface area contributed by atoms with E-state index in [1.165, 1.54) is 4.90 Å². The molecule has 9 nitrogen and oxygen atoms in total. The third kappa shape index (κ3) is 4.08. The minimum absolute atomic E-state index is 0.0741. The highest BCUT2D eigenvalue weighted by Crippen LogP contribution is 2.33. The number of piperidine rings is 1. The van der Waals surface area contributed by atoms with Gasteiger partial charge in [0.2, 0.25) is 5.91 Å². The highest BCUT2D eigenvalue weighted by Gasteiger charge is 2.48. The molecule has 3 saturated heterocycles. The van der Waals surface area contributed by atoms with Crippen LogP contribution in [-0.4, -0.2) is 90.8 Å². The number of amides is 4. The maximum absolute atomic E-state index is 12.6. The van der Waals surface area contributed by atoms with Gasteiger partial charge < -0.3 is 29.5 Å². The summed E-state index contributed by atoms with van der Waals surface area (Å²) in [7, 11) is 1.67. The van der Waals surface area contributed by atoms with E-state index < -0.39 is 11.6 Å². The van der Waals surface area contributed by atoms with E-state index in [-0.39, 0.29) is 18.0 Å². The molecule has 0 bridgehead atoms. The van der Waals surface area contributed by atoms with Gasteiger partial charge in [-0.1, -0.05) is 18.2 Å². The highest BCUT2D eigenvalue weighted by molar-refractivity contribution is 5.90. The fourth-order valence-electron chi connectivity index (χ4n) is 4.07. The first-order chi connectivity index (χ1) is 14.0. The number of likely N-dealkylation sites (tertiary alicyclic amines) is 1. The van der Waals surface area contributed by atoms with Crippen molar-refractivity contribution in [1.29, 1.82) is 0 Å². The van der Waals surface area contributed by atoms with E-state index in [1.807, 2.05) is 30.3 Å². The second kappa shape index (κ2) is 7.81. The Kier molecular flexibility index (Phi) is 5.21. The average molecular weight is 402 g/mol. The first-order valence-corrected chi connectivity index (χ1v) is 9.92. The molecule has 156 valence electrons. The first-order valence-electron chi connectivity index (χ1n) is 9.92. The molecule has 3 aliphatic rings. The number of benzene rings is 1. The number of nitrogens with zero attached hydrogens (tertiary/aromatic N) is 3. The van der Waals surface area contributed by atoms with Gasteiger partial charge in [-0.05, 0) is 12.1 Å². The number of hydrogen-bond acceptors (Lipinski definition) is 5. The zero-order valence-corrected chi connectivity index (χ0v) is 16.5. The van der Waals surface area contributed by atoms with Gasteiger partial charge in [0, 0.05) is 33.0 Å². The second-order valence-corrected chi connectivity index (χ2v) is 7.84. The molecule has 29 heavy (non-hydrogen) atoms. The Morgan fingerprint density at radius 3 is 2.62 bits per heavy atom. The van der Waals surface area contributed by atoms with Crippen LogP contribution in [0.25, 0.3) is 0 Å². The molecule has 0 aliphatic carbocycles. The van der Waals surface area contributed by atoms with E-state index in [2.05, 4.69) is 5.32 Å². The molecule has 1 unspecified atom stereocenters. The van der Waals surface area contributed by atoms with E-state index in [0.717, 1.165) is 5.75 Å². The fourth-order valence-corrected chi connectivity index (χ4v) is 4.07. The smallest absolute Gasteiger partial charge is 0.410 e. The number of rotatable bonds is 5. The van der Waals surface area contributed by atoms with Crippen LogP contribution in [0.1, 0.15) is 12.8 Å². The molecule has 4 rings (SSSR count). The number of ether oxygens (including phenoxy) is 2. The van der Waals surface area contributed by atoms with Crippen LogP contribution >= 0.6 is 0 Å². The van der Waals surface area contributed by atoms with E-state index in [9.17, 15) is 14.4 Å². The fraction of sp³-hybridized carbons (Fsp3) is 0.550. The molecule has 0 radical (unpaired) electrons. The van der Waals surface area contributed by atoms with Crippen LogP contribution in [0.15, 0.2) is 30.3 Å². The van der Waals surface area contributed by atoms with Crippen molar-refractivity contribution >= 4 is 18.0 Å². The van der Waals surface area contributed by atoms with Gasteiger partial charge in [-0.3, -0.25) is 4.79 Å². The molecule has 9 heteroatoms. The Bertz CT molecular complexity index is 778. The average Bonchev–Trinajstić information content (AvgIpc) is 3.21. The molecule has 4 amide bonds. The van der Waals surface area contributed by atoms with Crippen LogP contribution < -0.4 is 10.1 Å². The Morgan fingerprint density at radius 2 is 1.97 bits per heavy atom. The van der Waals surface area contributed by atoms with E-state index in [0.29, 0.717) is 52.2 Å². The molecular weight excluding hydrogens is 376 g/mol. The van der Waals surface area contributed by atoms with E-state index in [4.69, 9.17) is 9.47 Å². The lowest BCUT2D eigenvalue weighted by Gasteiger charge is -2.38. The Labute approximate surface area is 169 Å². The van der Waals surface area contributed by atoms with Crippen molar-refractivity contribution in [1.82, 2.24) is 20.0 Å². The van der Waals surface area contributed by atoms with Gasteiger partial charge in [-0.25, -0.2) is 9.59 Å². The summed E-state index contributed by atoms with van der Waals surface area (Å²) < 4.78 is 11.4. The van der Waals surface area contributed by atoms with Crippen molar-refractivity contribution in [3.8, 4) is 5.75 Å². The standard InChI is InChI=1S/C20H26N4O5/c1-22-13-16(21-18(22)26)17(25)23-9-7-20(8-10-23)14-24(19(27)29-20)11-12-28-15-5-3-2-4-6-15/h2-6,16H,7-14H2,1H3,(H,21,26). The van der Waals surface area contributed by atoms with Gasteiger partial charge in [0.05, 0.1) is 19.6 Å². The van der Waals surface area contributed by atoms with Gasteiger partial charge in [0.1, 0.15) is 24.0 Å². The van der Waals surface area contributed by atoms with Crippen molar-refractivity contribution in [3.63, 3.8) is 0 Å². The predicted octanol–water partition coefficient (Wildman–Crippen LogP) is 0.902. The summed E-state index contributed by atoms with van der Waals surface area (Å²) in [6.45, 7) is 2.76. The Morgan fingerprint density at radius 1 is 1.24 bits per heavy atom. The third-order valence-corrected chi connectivity index (χ3v) is 5.80. The monoisotopic (exact) mass is 402 g/mol. The molecule has 1 aromatic carbocycles. The molecule has 0 saturated carbocycles. The SMILES string of the molecule is CN1CC(C(=O)N2CCC3(CC2)CN(CCOc2ccccc2)C(=O)O3)NC1=O. The number of para-hydroxylation sites is 1. The van der Waals surface area contributed by atoms with Crippen molar-refractivity contribution in [2.45, 2.75) is 24.5 Å². The molecule has 3 aliphatic heterocycles. The second-order valence-electron chi connectivity index (χ2n) is 7.84. The summed E-state index contributed by atoms with van der Waals surface area (Å²) in [6.07, 6.45) is 0.861. The topological polar surface area (TPSA) is 91.4 Å². The maximum atomic E-state index is 12.6. The molecule has 1 spiro atoms. The maximum Gasteiger partial charge on any atom is 0.410 e.